The molecule has 2 N–H and O–H groups in total. The number of carbonyl (C=O) groups excluding carboxylic acids is 2. The van der Waals surface area contributed by atoms with Crippen molar-refractivity contribution in [1.29, 1.82) is 0 Å². The molecule has 3 rings (SSSR count). The number of ether oxygens (including phenoxy) is 1. The number of hydrogen-bond donors (Lipinski definition) is 2. The van der Waals surface area contributed by atoms with E-state index in [0.29, 0.717) is 13.0 Å². The predicted octanol–water partition coefficient (Wildman–Crippen LogP) is 3.81. The summed E-state index contributed by atoms with van der Waals surface area (Å²) in [6.07, 6.45) is 3.20. The van der Waals surface area contributed by atoms with E-state index in [2.05, 4.69) is 19.2 Å². The van der Waals surface area contributed by atoms with E-state index in [0.717, 1.165) is 12.8 Å². The lowest BCUT2D eigenvalue weighted by atomic mass is 9.73. The SMILES string of the molecule is CC(C)(C)OC(=O)N[C@H](C(=O)N1C[C@]2(C[C@H]1C(=O)O)C(C)(C)C21CCC1)C(C)(C)C. The minimum absolute atomic E-state index is 0.0246. The standard InChI is InChI=1S/C23H38N2O5/c1-19(2,3)15(24-18(29)30-20(4,5)6)16(26)25-13-23(12-14(25)17(27)28)21(7,8)22(23)10-9-11-22/h14-15H,9-13H2,1-8H3,(H,24,29)(H,27,28)/t14-,15+,23+/m0/s1. The Morgan fingerprint density at radius 3 is 2.00 bits per heavy atom. The number of carbonyl (C=O) groups is 3. The van der Waals surface area contributed by atoms with Gasteiger partial charge in [-0.15, -0.1) is 0 Å². The molecule has 3 atom stereocenters. The van der Waals surface area contributed by atoms with E-state index in [4.69, 9.17) is 4.74 Å². The van der Waals surface area contributed by atoms with Crippen LogP contribution in [0.2, 0.25) is 0 Å². The summed E-state index contributed by atoms with van der Waals surface area (Å²) in [7, 11) is 0. The first kappa shape index (κ1) is 22.9. The van der Waals surface area contributed by atoms with Crippen LogP contribution in [-0.4, -0.2) is 52.2 Å². The number of hydrogen-bond acceptors (Lipinski definition) is 4. The maximum Gasteiger partial charge on any atom is 0.408 e. The minimum Gasteiger partial charge on any atom is -0.480 e. The van der Waals surface area contributed by atoms with Gasteiger partial charge in [-0.05, 0) is 56.3 Å². The van der Waals surface area contributed by atoms with Crippen LogP contribution in [0.3, 0.4) is 0 Å². The molecule has 7 nitrogen and oxygen atoms in total. The zero-order chi connectivity index (χ0) is 22.9. The zero-order valence-corrected chi connectivity index (χ0v) is 19.7. The van der Waals surface area contributed by atoms with Gasteiger partial charge < -0.3 is 20.1 Å². The number of fused-ring (bicyclic) bond motifs is 1. The van der Waals surface area contributed by atoms with Crippen LogP contribution < -0.4 is 5.32 Å². The molecule has 2 aliphatic carbocycles. The first-order chi connectivity index (χ1) is 13.5. The van der Waals surface area contributed by atoms with Gasteiger partial charge in [0.15, 0.2) is 0 Å². The van der Waals surface area contributed by atoms with Gasteiger partial charge >= 0.3 is 12.1 Å². The summed E-state index contributed by atoms with van der Waals surface area (Å²) < 4.78 is 5.36. The molecule has 30 heavy (non-hydrogen) atoms. The van der Waals surface area contributed by atoms with Crippen LogP contribution in [0.1, 0.15) is 81.1 Å². The lowest BCUT2D eigenvalue weighted by Crippen LogP contribution is -2.57. The Hall–Kier alpha value is -1.79. The van der Waals surface area contributed by atoms with E-state index >= 15 is 0 Å². The van der Waals surface area contributed by atoms with E-state index in [-0.39, 0.29) is 22.2 Å². The fourth-order valence-electron chi connectivity index (χ4n) is 6.29. The van der Waals surface area contributed by atoms with Crippen molar-refractivity contribution >= 4 is 18.0 Å². The summed E-state index contributed by atoms with van der Waals surface area (Å²) in [5.41, 5.74) is -1.26. The normalized spacial score (nSPS) is 30.0. The minimum atomic E-state index is -0.970. The van der Waals surface area contributed by atoms with Gasteiger partial charge in [-0.1, -0.05) is 41.0 Å². The highest BCUT2D eigenvalue weighted by atomic mass is 16.6. The molecule has 1 saturated heterocycles. The van der Waals surface area contributed by atoms with E-state index < -0.39 is 35.2 Å². The van der Waals surface area contributed by atoms with Crippen molar-refractivity contribution in [2.24, 2.45) is 21.7 Å². The summed E-state index contributed by atoms with van der Waals surface area (Å²) in [5, 5.41) is 12.7. The fourth-order valence-corrected chi connectivity index (χ4v) is 6.29. The van der Waals surface area contributed by atoms with Crippen LogP contribution in [0.25, 0.3) is 0 Å². The summed E-state index contributed by atoms with van der Waals surface area (Å²) in [4.78, 5) is 39.7. The molecular weight excluding hydrogens is 384 g/mol. The van der Waals surface area contributed by atoms with Crippen molar-refractivity contribution in [3.05, 3.63) is 0 Å². The second-order valence-electron chi connectivity index (χ2n) is 12.1. The first-order valence-corrected chi connectivity index (χ1v) is 11.0. The van der Waals surface area contributed by atoms with Crippen molar-refractivity contribution in [3.63, 3.8) is 0 Å². The third-order valence-corrected chi connectivity index (χ3v) is 8.15. The molecule has 0 aromatic heterocycles. The molecule has 0 unspecified atom stereocenters. The monoisotopic (exact) mass is 422 g/mol. The van der Waals surface area contributed by atoms with E-state index in [1.54, 1.807) is 20.8 Å². The second kappa shape index (κ2) is 6.60. The summed E-state index contributed by atoms with van der Waals surface area (Å²) in [6.45, 7) is 15.8. The Labute approximate surface area is 179 Å². The number of likely N-dealkylation sites (tertiary alicyclic amines) is 1. The molecule has 0 aromatic carbocycles. The first-order valence-electron chi connectivity index (χ1n) is 11.0. The average molecular weight is 423 g/mol. The van der Waals surface area contributed by atoms with E-state index in [1.807, 2.05) is 20.8 Å². The van der Waals surface area contributed by atoms with Crippen molar-refractivity contribution in [3.8, 4) is 0 Å². The van der Waals surface area contributed by atoms with Crippen molar-refractivity contribution in [2.75, 3.05) is 6.54 Å². The molecule has 7 heteroatoms. The quantitative estimate of drug-likeness (QED) is 0.721. The largest absolute Gasteiger partial charge is 0.480 e. The summed E-state index contributed by atoms with van der Waals surface area (Å²) in [6, 6.07) is -1.73. The zero-order valence-electron chi connectivity index (χ0n) is 19.7. The van der Waals surface area contributed by atoms with Crippen LogP contribution in [0.4, 0.5) is 4.79 Å². The molecule has 1 heterocycles. The molecule has 2 amide bonds. The van der Waals surface area contributed by atoms with Gasteiger partial charge in [0.2, 0.25) is 5.91 Å². The van der Waals surface area contributed by atoms with Crippen LogP contribution in [0, 0.1) is 21.7 Å². The van der Waals surface area contributed by atoms with Crippen LogP contribution >= 0.6 is 0 Å². The molecule has 0 radical (unpaired) electrons. The number of aliphatic carboxylic acids is 1. The highest BCUT2D eigenvalue weighted by Crippen LogP contribution is 2.88. The Bertz CT molecular complexity index is 757. The van der Waals surface area contributed by atoms with Gasteiger partial charge in [0.25, 0.3) is 0 Å². The highest BCUT2D eigenvalue weighted by molar-refractivity contribution is 5.91. The Kier molecular flexibility index (Phi) is 5.04. The molecule has 2 saturated carbocycles. The van der Waals surface area contributed by atoms with Gasteiger partial charge in [-0.25, -0.2) is 9.59 Å². The molecule has 2 spiro atoms. The van der Waals surface area contributed by atoms with Crippen molar-refractivity contribution < 1.29 is 24.2 Å². The molecule has 1 aliphatic heterocycles. The fraction of sp³-hybridized carbons (Fsp3) is 0.870. The number of carboxylic acids is 1. The predicted molar refractivity (Wildman–Crippen MR) is 113 cm³/mol. The van der Waals surface area contributed by atoms with Crippen molar-refractivity contribution in [1.82, 2.24) is 10.2 Å². The van der Waals surface area contributed by atoms with Gasteiger partial charge in [-0.2, -0.15) is 0 Å². The van der Waals surface area contributed by atoms with Gasteiger partial charge in [0.1, 0.15) is 17.7 Å². The Morgan fingerprint density at radius 1 is 1.07 bits per heavy atom. The van der Waals surface area contributed by atoms with Gasteiger partial charge in [0, 0.05) is 12.0 Å². The third-order valence-electron chi connectivity index (χ3n) is 8.15. The van der Waals surface area contributed by atoms with Crippen LogP contribution in [-0.2, 0) is 14.3 Å². The summed E-state index contributed by atoms with van der Waals surface area (Å²) in [5.74, 6) is -1.31. The van der Waals surface area contributed by atoms with Crippen LogP contribution in [0.5, 0.6) is 0 Å². The highest BCUT2D eigenvalue weighted by Gasteiger charge is 2.85. The molecular formula is C23H38N2O5. The lowest BCUT2D eigenvalue weighted by Gasteiger charge is -2.35. The summed E-state index contributed by atoms with van der Waals surface area (Å²) >= 11 is 0. The topological polar surface area (TPSA) is 95.9 Å². The van der Waals surface area contributed by atoms with Crippen LogP contribution in [0.15, 0.2) is 0 Å². The maximum absolute atomic E-state index is 13.6. The van der Waals surface area contributed by atoms with E-state index in [9.17, 15) is 19.5 Å². The average Bonchev–Trinajstić information content (AvgIpc) is 2.78. The number of nitrogens with one attached hydrogen (secondary N) is 1. The smallest absolute Gasteiger partial charge is 0.408 e. The number of alkyl carbamates (subject to hydrolysis) is 1. The third kappa shape index (κ3) is 3.19. The molecule has 0 bridgehead atoms. The number of nitrogens with zero attached hydrogens (tertiary/aromatic N) is 1. The number of carboxylic acid groups (broad SMARTS) is 1. The molecule has 0 aromatic rings. The second-order valence-corrected chi connectivity index (χ2v) is 12.1. The number of rotatable bonds is 3. The Morgan fingerprint density at radius 2 is 1.63 bits per heavy atom. The van der Waals surface area contributed by atoms with Gasteiger partial charge in [0.05, 0.1) is 0 Å². The van der Waals surface area contributed by atoms with Gasteiger partial charge in [-0.3, -0.25) is 4.79 Å². The lowest BCUT2D eigenvalue weighted by molar-refractivity contribution is -0.150. The van der Waals surface area contributed by atoms with Crippen molar-refractivity contribution in [2.45, 2.75) is 98.8 Å². The maximum atomic E-state index is 13.6. The molecule has 3 aliphatic rings. The molecule has 3 fully saturated rings. The Balaban J connectivity index is 1.86. The van der Waals surface area contributed by atoms with E-state index in [1.165, 1.54) is 11.3 Å². The molecule has 170 valence electrons. The number of amides is 2.